The van der Waals surface area contributed by atoms with Gasteiger partial charge in [-0.05, 0) is 34.9 Å². The fourth-order valence-electron chi connectivity index (χ4n) is 2.67. The van der Waals surface area contributed by atoms with E-state index in [1.54, 1.807) is 24.3 Å². The van der Waals surface area contributed by atoms with Gasteiger partial charge in [-0.2, -0.15) is 0 Å². The number of benzene rings is 2. The number of amides is 1. The van der Waals surface area contributed by atoms with E-state index in [0.29, 0.717) is 25.1 Å². The van der Waals surface area contributed by atoms with Crippen molar-refractivity contribution in [2.24, 2.45) is 0 Å². The van der Waals surface area contributed by atoms with Crippen molar-refractivity contribution in [1.82, 2.24) is 5.32 Å². The van der Waals surface area contributed by atoms with E-state index in [9.17, 15) is 9.59 Å². The van der Waals surface area contributed by atoms with Crippen molar-refractivity contribution in [3.63, 3.8) is 0 Å². The lowest BCUT2D eigenvalue weighted by Crippen LogP contribution is -2.24. The first-order valence-corrected chi connectivity index (χ1v) is 7.84. The van der Waals surface area contributed by atoms with Gasteiger partial charge in [0.25, 0.3) is 0 Å². The van der Waals surface area contributed by atoms with Crippen molar-refractivity contribution in [3.8, 4) is 5.75 Å². The van der Waals surface area contributed by atoms with E-state index in [-0.39, 0.29) is 11.9 Å². The molecule has 2 aromatic rings. The fourth-order valence-corrected chi connectivity index (χ4v) is 2.67. The van der Waals surface area contributed by atoms with Gasteiger partial charge in [0.05, 0.1) is 25.7 Å². The molecule has 5 heteroatoms. The maximum Gasteiger partial charge on any atom is 0.337 e. The molecule has 24 heavy (non-hydrogen) atoms. The van der Waals surface area contributed by atoms with Gasteiger partial charge in [0, 0.05) is 13.0 Å². The van der Waals surface area contributed by atoms with Crippen molar-refractivity contribution >= 4 is 11.9 Å². The lowest BCUT2D eigenvalue weighted by atomic mass is 10.1. The summed E-state index contributed by atoms with van der Waals surface area (Å²) in [5.74, 6) is 0.516. The molecule has 0 atom stereocenters. The number of carbonyl (C=O) groups is 2. The molecule has 124 valence electrons. The molecule has 0 bridgehead atoms. The van der Waals surface area contributed by atoms with Crippen LogP contribution < -0.4 is 10.1 Å². The molecule has 1 aliphatic heterocycles. The average molecular weight is 325 g/mol. The molecule has 2 aromatic carbocycles. The van der Waals surface area contributed by atoms with Crippen LogP contribution in [0.25, 0.3) is 0 Å². The van der Waals surface area contributed by atoms with E-state index in [0.717, 1.165) is 23.3 Å². The topological polar surface area (TPSA) is 64.6 Å². The van der Waals surface area contributed by atoms with E-state index in [1.807, 2.05) is 18.2 Å². The normalized spacial score (nSPS) is 12.2. The summed E-state index contributed by atoms with van der Waals surface area (Å²) in [6.07, 6.45) is 1.24. The Morgan fingerprint density at radius 1 is 1.12 bits per heavy atom. The van der Waals surface area contributed by atoms with Gasteiger partial charge in [0.2, 0.25) is 5.91 Å². The second kappa shape index (κ2) is 7.17. The number of esters is 1. The van der Waals surface area contributed by atoms with E-state index in [4.69, 9.17) is 4.74 Å². The Kier molecular flexibility index (Phi) is 4.79. The smallest absolute Gasteiger partial charge is 0.337 e. The Labute approximate surface area is 140 Å². The lowest BCUT2D eigenvalue weighted by molar-refractivity contribution is -0.120. The van der Waals surface area contributed by atoms with E-state index >= 15 is 0 Å². The van der Waals surface area contributed by atoms with E-state index in [2.05, 4.69) is 10.1 Å². The fraction of sp³-hybridized carbons (Fsp3) is 0.263. The van der Waals surface area contributed by atoms with Crippen LogP contribution in [0.5, 0.6) is 5.75 Å². The molecule has 0 saturated carbocycles. The molecule has 0 aliphatic carbocycles. The Morgan fingerprint density at radius 3 is 2.62 bits per heavy atom. The molecule has 0 fully saturated rings. The van der Waals surface area contributed by atoms with Gasteiger partial charge in [0.15, 0.2) is 0 Å². The summed E-state index contributed by atoms with van der Waals surface area (Å²) in [4.78, 5) is 23.5. The van der Waals surface area contributed by atoms with Crippen molar-refractivity contribution in [2.45, 2.75) is 19.4 Å². The van der Waals surface area contributed by atoms with Gasteiger partial charge in [0.1, 0.15) is 5.75 Å². The van der Waals surface area contributed by atoms with Crippen LogP contribution in [0.4, 0.5) is 0 Å². The summed E-state index contributed by atoms with van der Waals surface area (Å²) in [7, 11) is 1.35. The van der Waals surface area contributed by atoms with Gasteiger partial charge < -0.3 is 14.8 Å². The van der Waals surface area contributed by atoms with Gasteiger partial charge in [-0.1, -0.05) is 24.3 Å². The summed E-state index contributed by atoms with van der Waals surface area (Å²) < 4.78 is 10.1. The minimum absolute atomic E-state index is 0.0362. The highest BCUT2D eigenvalue weighted by Gasteiger charge is 2.13. The molecule has 1 heterocycles. The Hall–Kier alpha value is -2.82. The van der Waals surface area contributed by atoms with Crippen LogP contribution >= 0.6 is 0 Å². The third-order valence-electron chi connectivity index (χ3n) is 3.98. The molecule has 1 amide bonds. The highest BCUT2D eigenvalue weighted by molar-refractivity contribution is 5.89. The standard InChI is InChI=1S/C19H19NO4/c1-23-19(22)15-5-2-13(3-6-15)12-20-18(21)11-14-4-7-17-16(10-14)8-9-24-17/h2-7,10H,8-9,11-12H2,1H3,(H,20,21). The van der Waals surface area contributed by atoms with Crippen molar-refractivity contribution in [3.05, 3.63) is 64.7 Å². The maximum absolute atomic E-state index is 12.1. The zero-order chi connectivity index (χ0) is 16.9. The molecular weight excluding hydrogens is 306 g/mol. The van der Waals surface area contributed by atoms with Crippen molar-refractivity contribution in [2.75, 3.05) is 13.7 Å². The van der Waals surface area contributed by atoms with Gasteiger partial charge in [-0.15, -0.1) is 0 Å². The first kappa shape index (κ1) is 16.1. The Balaban J connectivity index is 1.53. The zero-order valence-electron chi connectivity index (χ0n) is 13.5. The number of rotatable bonds is 5. The molecular formula is C19H19NO4. The summed E-state index contributed by atoms with van der Waals surface area (Å²) >= 11 is 0. The van der Waals surface area contributed by atoms with Crippen molar-refractivity contribution in [1.29, 1.82) is 0 Å². The largest absolute Gasteiger partial charge is 0.493 e. The number of hydrogen-bond acceptors (Lipinski definition) is 4. The molecule has 0 unspecified atom stereocenters. The zero-order valence-corrected chi connectivity index (χ0v) is 13.5. The molecule has 1 aliphatic rings. The summed E-state index contributed by atoms with van der Waals surface area (Å²) in [6, 6.07) is 12.9. The quantitative estimate of drug-likeness (QED) is 0.857. The van der Waals surface area contributed by atoms with Crippen LogP contribution in [0.1, 0.15) is 27.0 Å². The second-order valence-electron chi connectivity index (χ2n) is 5.68. The highest BCUT2D eigenvalue weighted by Crippen LogP contribution is 2.25. The minimum atomic E-state index is -0.369. The molecule has 3 rings (SSSR count). The number of ether oxygens (including phenoxy) is 2. The second-order valence-corrected chi connectivity index (χ2v) is 5.68. The Bertz CT molecular complexity index is 752. The number of fused-ring (bicyclic) bond motifs is 1. The summed E-state index contributed by atoms with van der Waals surface area (Å²) in [5, 5.41) is 2.89. The number of methoxy groups -OCH3 is 1. The van der Waals surface area contributed by atoms with E-state index in [1.165, 1.54) is 12.7 Å². The van der Waals surface area contributed by atoms with Crippen LogP contribution in [-0.4, -0.2) is 25.6 Å². The molecule has 5 nitrogen and oxygen atoms in total. The molecule has 0 aromatic heterocycles. The molecule has 0 radical (unpaired) electrons. The number of carbonyl (C=O) groups excluding carboxylic acids is 2. The molecule has 0 saturated heterocycles. The summed E-state index contributed by atoms with van der Waals surface area (Å²) in [6.45, 7) is 1.14. The SMILES string of the molecule is COC(=O)c1ccc(CNC(=O)Cc2ccc3c(c2)CCO3)cc1. The Morgan fingerprint density at radius 2 is 1.88 bits per heavy atom. The van der Waals surface area contributed by atoms with Crippen LogP contribution in [0.3, 0.4) is 0 Å². The van der Waals surface area contributed by atoms with E-state index < -0.39 is 0 Å². The third kappa shape index (κ3) is 3.74. The summed E-state index contributed by atoms with van der Waals surface area (Å²) in [5.41, 5.74) is 3.57. The van der Waals surface area contributed by atoms with Gasteiger partial charge in [-0.25, -0.2) is 4.79 Å². The average Bonchev–Trinajstić information content (AvgIpc) is 3.07. The number of hydrogen-bond donors (Lipinski definition) is 1. The minimum Gasteiger partial charge on any atom is -0.493 e. The van der Waals surface area contributed by atoms with Gasteiger partial charge >= 0.3 is 5.97 Å². The third-order valence-corrected chi connectivity index (χ3v) is 3.98. The number of nitrogens with one attached hydrogen (secondary N) is 1. The van der Waals surface area contributed by atoms with Crippen LogP contribution in [0.15, 0.2) is 42.5 Å². The first-order chi connectivity index (χ1) is 11.7. The predicted octanol–water partition coefficient (Wildman–Crippen LogP) is 2.27. The predicted molar refractivity (Wildman–Crippen MR) is 89.0 cm³/mol. The highest BCUT2D eigenvalue weighted by atomic mass is 16.5. The monoisotopic (exact) mass is 325 g/mol. The van der Waals surface area contributed by atoms with Crippen LogP contribution in [0, 0.1) is 0 Å². The van der Waals surface area contributed by atoms with Crippen molar-refractivity contribution < 1.29 is 19.1 Å². The maximum atomic E-state index is 12.1. The van der Waals surface area contributed by atoms with Crippen LogP contribution in [0.2, 0.25) is 0 Å². The lowest BCUT2D eigenvalue weighted by Gasteiger charge is -2.07. The molecule has 0 spiro atoms. The van der Waals surface area contributed by atoms with Crippen LogP contribution in [-0.2, 0) is 28.9 Å². The first-order valence-electron chi connectivity index (χ1n) is 7.84. The van der Waals surface area contributed by atoms with Gasteiger partial charge in [-0.3, -0.25) is 4.79 Å². The molecule has 1 N–H and O–H groups in total.